The van der Waals surface area contributed by atoms with Crippen LogP contribution < -0.4 is 0 Å². The van der Waals surface area contributed by atoms with Crippen molar-refractivity contribution in [2.45, 2.75) is 0 Å². The number of carbonyl (C=O) groups is 2. The molecule has 0 atom stereocenters. The smallest absolute Gasteiger partial charge is 0.410 e. The molecular formula is C8H12N2O3S. The fourth-order valence-electron chi connectivity index (χ4n) is 1.44. The molecule has 0 aromatic carbocycles. The third-order valence-electron chi connectivity index (χ3n) is 2.28. The molecule has 14 heavy (non-hydrogen) atoms. The number of nitrogens with zero attached hydrogens (tertiary/aromatic N) is 2. The van der Waals surface area contributed by atoms with Crippen molar-refractivity contribution < 1.29 is 14.3 Å². The maximum atomic E-state index is 11.6. The van der Waals surface area contributed by atoms with Gasteiger partial charge < -0.3 is 9.64 Å². The van der Waals surface area contributed by atoms with Crippen molar-refractivity contribution >= 4 is 23.8 Å². The highest BCUT2D eigenvalue weighted by Gasteiger charge is 2.27. The summed E-state index contributed by atoms with van der Waals surface area (Å²) in [6, 6.07) is 0. The number of carbonyl (C=O) groups excluding carboxylic acids is 2. The largest absolute Gasteiger partial charge is 0.448 e. The average Bonchev–Trinajstić information content (AvgIpc) is 2.77. The summed E-state index contributed by atoms with van der Waals surface area (Å²) in [5.41, 5.74) is 0. The molecule has 0 saturated carbocycles. The minimum Gasteiger partial charge on any atom is -0.448 e. The van der Waals surface area contributed by atoms with Crippen LogP contribution in [0.15, 0.2) is 0 Å². The van der Waals surface area contributed by atoms with Crippen molar-refractivity contribution in [3.63, 3.8) is 0 Å². The van der Waals surface area contributed by atoms with Gasteiger partial charge in [-0.15, -0.1) is 11.8 Å². The van der Waals surface area contributed by atoms with E-state index in [0.29, 0.717) is 13.2 Å². The highest BCUT2D eigenvalue weighted by Crippen LogP contribution is 2.14. The van der Waals surface area contributed by atoms with Crippen LogP contribution in [-0.2, 0) is 9.53 Å². The summed E-state index contributed by atoms with van der Waals surface area (Å²) < 4.78 is 4.74. The number of hydrogen-bond donors (Lipinski definition) is 0. The first kappa shape index (κ1) is 9.64. The molecule has 0 radical (unpaired) electrons. The topological polar surface area (TPSA) is 49.9 Å². The predicted molar refractivity (Wildman–Crippen MR) is 52.0 cm³/mol. The van der Waals surface area contributed by atoms with Gasteiger partial charge in [-0.05, 0) is 0 Å². The lowest BCUT2D eigenvalue weighted by Crippen LogP contribution is -2.39. The number of rotatable bonds is 2. The zero-order valence-corrected chi connectivity index (χ0v) is 8.59. The van der Waals surface area contributed by atoms with Crippen LogP contribution in [0, 0.1) is 0 Å². The van der Waals surface area contributed by atoms with Gasteiger partial charge in [-0.25, -0.2) is 4.79 Å². The van der Waals surface area contributed by atoms with Gasteiger partial charge in [-0.2, -0.15) is 0 Å². The Morgan fingerprint density at radius 2 is 2.36 bits per heavy atom. The summed E-state index contributed by atoms with van der Waals surface area (Å²) in [6.45, 7) is 1.90. The molecule has 2 aliphatic heterocycles. The predicted octanol–water partition coefficient (Wildman–Crippen LogP) is -0.0285. The van der Waals surface area contributed by atoms with Gasteiger partial charge in [0.1, 0.15) is 13.2 Å². The molecule has 2 amide bonds. The number of thioether (sulfide) groups is 1. The molecular weight excluding hydrogens is 204 g/mol. The first-order chi connectivity index (χ1) is 6.77. The molecule has 0 aromatic heterocycles. The summed E-state index contributed by atoms with van der Waals surface area (Å²) in [5, 5.41) is 0. The second kappa shape index (κ2) is 4.08. The third kappa shape index (κ3) is 1.95. The molecule has 0 unspecified atom stereocenters. The first-order valence-electron chi connectivity index (χ1n) is 4.54. The molecule has 2 aliphatic rings. The Bertz CT molecular complexity index is 253. The molecule has 0 aromatic rings. The van der Waals surface area contributed by atoms with Gasteiger partial charge in [-0.3, -0.25) is 9.69 Å². The lowest BCUT2D eigenvalue weighted by Gasteiger charge is -2.18. The summed E-state index contributed by atoms with van der Waals surface area (Å²) >= 11 is 1.74. The highest BCUT2D eigenvalue weighted by molar-refractivity contribution is 7.99. The minimum atomic E-state index is -0.370. The minimum absolute atomic E-state index is 0.0221. The Kier molecular flexibility index (Phi) is 2.81. The van der Waals surface area contributed by atoms with Crippen molar-refractivity contribution in [1.29, 1.82) is 0 Å². The third-order valence-corrected chi connectivity index (χ3v) is 3.24. The second-order valence-corrected chi connectivity index (χ2v) is 4.31. The molecule has 2 saturated heterocycles. The van der Waals surface area contributed by atoms with E-state index in [1.54, 1.807) is 16.7 Å². The second-order valence-electron chi connectivity index (χ2n) is 3.23. The van der Waals surface area contributed by atoms with Gasteiger partial charge in [-0.1, -0.05) is 0 Å². The van der Waals surface area contributed by atoms with E-state index < -0.39 is 0 Å². The van der Waals surface area contributed by atoms with E-state index in [-0.39, 0.29) is 18.5 Å². The van der Waals surface area contributed by atoms with Crippen LogP contribution in [0.1, 0.15) is 0 Å². The zero-order valence-electron chi connectivity index (χ0n) is 7.77. The molecule has 2 heterocycles. The Morgan fingerprint density at radius 3 is 2.93 bits per heavy atom. The Balaban J connectivity index is 1.84. The van der Waals surface area contributed by atoms with Crippen molar-refractivity contribution in [3.8, 4) is 0 Å². The SMILES string of the molecule is O=C(CN1CCOC1=O)N1CCSC1. The molecule has 2 rings (SSSR count). The van der Waals surface area contributed by atoms with Crippen LogP contribution in [0.5, 0.6) is 0 Å². The number of cyclic esters (lactones) is 1. The first-order valence-corrected chi connectivity index (χ1v) is 5.70. The van der Waals surface area contributed by atoms with Crippen molar-refractivity contribution in [2.75, 3.05) is 37.9 Å². The summed E-state index contributed by atoms with van der Waals surface area (Å²) in [4.78, 5) is 25.9. The van der Waals surface area contributed by atoms with E-state index >= 15 is 0 Å². The van der Waals surface area contributed by atoms with Crippen molar-refractivity contribution in [3.05, 3.63) is 0 Å². The summed E-state index contributed by atoms with van der Waals surface area (Å²) in [7, 11) is 0. The molecule has 2 fully saturated rings. The van der Waals surface area contributed by atoms with Crippen LogP contribution in [0.25, 0.3) is 0 Å². The molecule has 0 spiro atoms. The summed E-state index contributed by atoms with van der Waals surface area (Å²) in [5.74, 6) is 1.77. The zero-order chi connectivity index (χ0) is 9.97. The fraction of sp³-hybridized carbons (Fsp3) is 0.750. The van der Waals surface area contributed by atoms with Crippen LogP contribution in [0.4, 0.5) is 4.79 Å². The van der Waals surface area contributed by atoms with Crippen LogP contribution in [0.2, 0.25) is 0 Å². The van der Waals surface area contributed by atoms with E-state index in [2.05, 4.69) is 0 Å². The maximum Gasteiger partial charge on any atom is 0.410 e. The van der Waals surface area contributed by atoms with Gasteiger partial charge in [0.25, 0.3) is 0 Å². The highest BCUT2D eigenvalue weighted by atomic mass is 32.2. The van der Waals surface area contributed by atoms with E-state index in [9.17, 15) is 9.59 Å². The number of ether oxygens (including phenoxy) is 1. The van der Waals surface area contributed by atoms with Crippen LogP contribution in [0.3, 0.4) is 0 Å². The quantitative estimate of drug-likeness (QED) is 0.650. The Morgan fingerprint density at radius 1 is 1.50 bits per heavy atom. The molecule has 6 heteroatoms. The average molecular weight is 216 g/mol. The van der Waals surface area contributed by atoms with Gasteiger partial charge in [0.2, 0.25) is 5.91 Å². The molecule has 78 valence electrons. The standard InChI is InChI=1S/C8H12N2O3S/c11-7(10-2-4-14-6-10)5-9-1-3-13-8(9)12/h1-6H2. The Labute approximate surface area is 86.4 Å². The van der Waals surface area contributed by atoms with Gasteiger partial charge in [0.15, 0.2) is 0 Å². The molecule has 0 N–H and O–H groups in total. The van der Waals surface area contributed by atoms with Gasteiger partial charge in [0.05, 0.1) is 12.4 Å². The van der Waals surface area contributed by atoms with Gasteiger partial charge in [0, 0.05) is 12.3 Å². The maximum absolute atomic E-state index is 11.6. The lowest BCUT2D eigenvalue weighted by molar-refractivity contribution is -0.130. The van der Waals surface area contributed by atoms with E-state index in [4.69, 9.17) is 4.74 Å². The summed E-state index contributed by atoms with van der Waals surface area (Å²) in [6.07, 6.45) is -0.370. The van der Waals surface area contributed by atoms with Gasteiger partial charge >= 0.3 is 6.09 Å². The lowest BCUT2D eigenvalue weighted by atomic mass is 10.4. The van der Waals surface area contributed by atoms with Crippen LogP contribution >= 0.6 is 11.8 Å². The molecule has 0 bridgehead atoms. The number of hydrogen-bond acceptors (Lipinski definition) is 4. The van der Waals surface area contributed by atoms with Crippen molar-refractivity contribution in [2.24, 2.45) is 0 Å². The monoisotopic (exact) mass is 216 g/mol. The molecule has 5 nitrogen and oxygen atoms in total. The number of amides is 2. The van der Waals surface area contributed by atoms with E-state index in [0.717, 1.165) is 18.2 Å². The Hall–Kier alpha value is -0.910. The fourth-order valence-corrected chi connectivity index (χ4v) is 2.42. The normalized spacial score (nSPS) is 21.6. The van der Waals surface area contributed by atoms with Crippen molar-refractivity contribution in [1.82, 2.24) is 9.80 Å². The van der Waals surface area contributed by atoms with Crippen LogP contribution in [-0.4, -0.2) is 59.7 Å². The van der Waals surface area contributed by atoms with E-state index in [1.165, 1.54) is 4.90 Å². The van der Waals surface area contributed by atoms with E-state index in [1.807, 2.05) is 0 Å². The molecule has 0 aliphatic carbocycles.